The van der Waals surface area contributed by atoms with E-state index in [1.54, 1.807) is 25.1 Å². The third-order valence-electron chi connectivity index (χ3n) is 2.60. The Morgan fingerprint density at radius 1 is 1.33 bits per heavy atom. The van der Waals surface area contributed by atoms with Gasteiger partial charge in [-0.05, 0) is 30.7 Å². The molecule has 18 heavy (non-hydrogen) atoms. The Hall–Kier alpha value is -2.54. The van der Waals surface area contributed by atoms with E-state index in [-0.39, 0.29) is 5.91 Å². The van der Waals surface area contributed by atoms with Gasteiger partial charge in [-0.1, -0.05) is 12.1 Å². The van der Waals surface area contributed by atoms with Crippen LogP contribution in [0.25, 0.3) is 0 Å². The Kier molecular flexibility index (Phi) is 3.44. The summed E-state index contributed by atoms with van der Waals surface area (Å²) < 4.78 is 5.08. The van der Waals surface area contributed by atoms with Crippen LogP contribution >= 0.6 is 0 Å². The largest absolute Gasteiger partial charge is 0.469 e. The zero-order chi connectivity index (χ0) is 13.0. The highest BCUT2D eigenvalue weighted by molar-refractivity contribution is 6.04. The van der Waals surface area contributed by atoms with Gasteiger partial charge in [0.1, 0.15) is 5.76 Å². The van der Waals surface area contributed by atoms with Gasteiger partial charge in [-0.25, -0.2) is 0 Å². The van der Waals surface area contributed by atoms with Crippen molar-refractivity contribution in [3.05, 3.63) is 53.5 Å². The van der Waals surface area contributed by atoms with Crippen LogP contribution in [0.4, 0.5) is 5.69 Å². The first-order valence-electron chi connectivity index (χ1n) is 5.52. The van der Waals surface area contributed by atoms with Crippen LogP contribution in [-0.4, -0.2) is 5.91 Å². The van der Waals surface area contributed by atoms with Crippen molar-refractivity contribution >= 4 is 11.6 Å². The number of rotatable bonds is 3. The smallest absolute Gasteiger partial charge is 0.259 e. The second-order valence-corrected chi connectivity index (χ2v) is 3.88. The number of nitriles is 1. The van der Waals surface area contributed by atoms with Crippen molar-refractivity contribution in [2.24, 2.45) is 0 Å². The summed E-state index contributed by atoms with van der Waals surface area (Å²) in [6.07, 6.45) is 1.86. The van der Waals surface area contributed by atoms with Gasteiger partial charge < -0.3 is 9.73 Å². The zero-order valence-electron chi connectivity index (χ0n) is 9.93. The molecule has 2 rings (SSSR count). The Bertz CT molecular complexity index is 591. The summed E-state index contributed by atoms with van der Waals surface area (Å²) in [5.41, 5.74) is 2.15. The molecule has 0 aliphatic heterocycles. The molecule has 0 saturated carbocycles. The van der Waals surface area contributed by atoms with Crippen LogP contribution in [0.5, 0.6) is 0 Å². The minimum Gasteiger partial charge on any atom is -0.469 e. The second kappa shape index (κ2) is 5.19. The number of nitrogens with one attached hydrogen (secondary N) is 1. The van der Waals surface area contributed by atoms with Gasteiger partial charge in [0, 0.05) is 5.69 Å². The standard InChI is InChI=1S/C14H12N2O2/c1-10-13(7-9-18-10)14(17)16-12-4-2-11(3-5-12)6-8-15/h2-5,7,9H,6H2,1H3,(H,16,17). The predicted molar refractivity (Wildman–Crippen MR) is 67.2 cm³/mol. The van der Waals surface area contributed by atoms with E-state index in [0.717, 1.165) is 5.56 Å². The van der Waals surface area contributed by atoms with Crippen molar-refractivity contribution in [1.82, 2.24) is 0 Å². The number of amides is 1. The molecule has 1 aromatic carbocycles. The number of anilines is 1. The molecule has 1 aromatic heterocycles. The topological polar surface area (TPSA) is 66.0 Å². The Morgan fingerprint density at radius 3 is 2.61 bits per heavy atom. The van der Waals surface area contributed by atoms with Gasteiger partial charge in [0.05, 0.1) is 24.3 Å². The first kappa shape index (κ1) is 11.9. The molecular weight excluding hydrogens is 228 g/mol. The first-order chi connectivity index (χ1) is 8.70. The molecule has 0 radical (unpaired) electrons. The van der Waals surface area contributed by atoms with Gasteiger partial charge in [0.15, 0.2) is 0 Å². The number of carbonyl (C=O) groups is 1. The fourth-order valence-electron chi connectivity index (χ4n) is 1.62. The molecule has 0 saturated heterocycles. The normalized spacial score (nSPS) is 9.78. The SMILES string of the molecule is Cc1occc1C(=O)Nc1ccc(CC#N)cc1. The van der Waals surface area contributed by atoms with Crippen LogP contribution in [0.15, 0.2) is 41.0 Å². The molecule has 0 fully saturated rings. The van der Waals surface area contributed by atoms with Crippen molar-refractivity contribution in [3.8, 4) is 6.07 Å². The van der Waals surface area contributed by atoms with Gasteiger partial charge in [0.25, 0.3) is 5.91 Å². The highest BCUT2D eigenvalue weighted by Crippen LogP contribution is 2.14. The monoisotopic (exact) mass is 240 g/mol. The van der Waals surface area contributed by atoms with Crippen LogP contribution in [0.2, 0.25) is 0 Å². The molecule has 0 unspecified atom stereocenters. The summed E-state index contributed by atoms with van der Waals surface area (Å²) in [6, 6.07) is 10.9. The average Bonchev–Trinajstić information content (AvgIpc) is 2.78. The lowest BCUT2D eigenvalue weighted by Crippen LogP contribution is -2.11. The fraction of sp³-hybridized carbons (Fsp3) is 0.143. The van der Waals surface area contributed by atoms with E-state index in [1.807, 2.05) is 12.1 Å². The maximum atomic E-state index is 11.9. The van der Waals surface area contributed by atoms with Gasteiger partial charge in [-0.3, -0.25) is 4.79 Å². The van der Waals surface area contributed by atoms with Gasteiger partial charge in [-0.2, -0.15) is 5.26 Å². The molecule has 1 heterocycles. The van der Waals surface area contributed by atoms with E-state index in [9.17, 15) is 4.79 Å². The number of hydrogen-bond donors (Lipinski definition) is 1. The molecule has 2 aromatic rings. The molecular formula is C14H12N2O2. The third-order valence-corrected chi connectivity index (χ3v) is 2.60. The molecule has 1 amide bonds. The van der Waals surface area contributed by atoms with E-state index >= 15 is 0 Å². The van der Waals surface area contributed by atoms with Crippen LogP contribution in [-0.2, 0) is 6.42 Å². The fourth-order valence-corrected chi connectivity index (χ4v) is 1.62. The van der Waals surface area contributed by atoms with Crippen molar-refractivity contribution < 1.29 is 9.21 Å². The minimum absolute atomic E-state index is 0.200. The molecule has 0 atom stereocenters. The van der Waals surface area contributed by atoms with Gasteiger partial charge in [0.2, 0.25) is 0 Å². The number of benzene rings is 1. The van der Waals surface area contributed by atoms with E-state index < -0.39 is 0 Å². The van der Waals surface area contributed by atoms with E-state index in [1.165, 1.54) is 6.26 Å². The minimum atomic E-state index is -0.200. The van der Waals surface area contributed by atoms with E-state index in [2.05, 4.69) is 11.4 Å². The summed E-state index contributed by atoms with van der Waals surface area (Å²) in [7, 11) is 0. The lowest BCUT2D eigenvalue weighted by Gasteiger charge is -2.04. The lowest BCUT2D eigenvalue weighted by molar-refractivity contribution is 0.102. The summed E-state index contributed by atoms with van der Waals surface area (Å²) >= 11 is 0. The number of carbonyl (C=O) groups excluding carboxylic acids is 1. The average molecular weight is 240 g/mol. The van der Waals surface area contributed by atoms with Gasteiger partial charge in [-0.15, -0.1) is 0 Å². The molecule has 4 nitrogen and oxygen atoms in total. The second-order valence-electron chi connectivity index (χ2n) is 3.88. The first-order valence-corrected chi connectivity index (χ1v) is 5.52. The van der Waals surface area contributed by atoms with Gasteiger partial charge >= 0.3 is 0 Å². The van der Waals surface area contributed by atoms with Crippen molar-refractivity contribution in [2.45, 2.75) is 13.3 Å². The number of hydrogen-bond acceptors (Lipinski definition) is 3. The maximum Gasteiger partial charge on any atom is 0.259 e. The molecule has 0 aliphatic rings. The van der Waals surface area contributed by atoms with E-state index in [4.69, 9.17) is 9.68 Å². The van der Waals surface area contributed by atoms with Crippen LogP contribution < -0.4 is 5.32 Å². The number of furan rings is 1. The van der Waals surface area contributed by atoms with Crippen LogP contribution in [0.3, 0.4) is 0 Å². The molecule has 1 N–H and O–H groups in total. The molecule has 0 spiro atoms. The highest BCUT2D eigenvalue weighted by Gasteiger charge is 2.11. The van der Waals surface area contributed by atoms with Crippen LogP contribution in [0.1, 0.15) is 21.7 Å². The zero-order valence-corrected chi connectivity index (χ0v) is 9.93. The number of aryl methyl sites for hydroxylation is 1. The predicted octanol–water partition coefficient (Wildman–Crippen LogP) is 2.91. The van der Waals surface area contributed by atoms with Crippen molar-refractivity contribution in [2.75, 3.05) is 5.32 Å². The Balaban J connectivity index is 2.08. The van der Waals surface area contributed by atoms with Crippen molar-refractivity contribution in [1.29, 1.82) is 5.26 Å². The summed E-state index contributed by atoms with van der Waals surface area (Å²) in [5, 5.41) is 11.3. The Morgan fingerprint density at radius 2 is 2.06 bits per heavy atom. The molecule has 90 valence electrons. The molecule has 0 aliphatic carbocycles. The lowest BCUT2D eigenvalue weighted by atomic mass is 10.1. The third kappa shape index (κ3) is 2.58. The molecule has 0 bridgehead atoms. The molecule has 4 heteroatoms. The van der Waals surface area contributed by atoms with E-state index in [0.29, 0.717) is 23.4 Å². The maximum absolute atomic E-state index is 11.9. The summed E-state index contributed by atoms with van der Waals surface area (Å²) in [5.74, 6) is 0.392. The quantitative estimate of drug-likeness (QED) is 0.896. The van der Waals surface area contributed by atoms with Crippen molar-refractivity contribution in [3.63, 3.8) is 0 Å². The Labute approximate surface area is 105 Å². The summed E-state index contributed by atoms with van der Waals surface area (Å²) in [6.45, 7) is 1.74. The highest BCUT2D eigenvalue weighted by atomic mass is 16.3. The van der Waals surface area contributed by atoms with Crippen LogP contribution in [0, 0.1) is 18.3 Å². The number of nitrogens with zero attached hydrogens (tertiary/aromatic N) is 1. The summed E-state index contributed by atoms with van der Waals surface area (Å²) in [4.78, 5) is 11.9.